The number of benzene rings is 3. The summed E-state index contributed by atoms with van der Waals surface area (Å²) in [5, 5.41) is 6.59. The Bertz CT molecular complexity index is 1190. The van der Waals surface area contributed by atoms with Gasteiger partial charge >= 0.3 is 0 Å². The second kappa shape index (κ2) is 8.18. The molecule has 4 aromatic rings. The second-order valence-corrected chi connectivity index (χ2v) is 8.64. The van der Waals surface area contributed by atoms with Gasteiger partial charge in [0.15, 0.2) is 0 Å². The van der Waals surface area contributed by atoms with Crippen molar-refractivity contribution in [1.29, 1.82) is 0 Å². The van der Waals surface area contributed by atoms with Gasteiger partial charge in [-0.2, -0.15) is 0 Å². The standard InChI is InChI=1S/C25H24N2OS/c1-16-11-12-22(17(2)13-16)27-24(28)15-23-18(3)26-25(29-23)14-20-9-6-8-19-7-4-5-10-21(19)20/h4-13H,14-15H2,1-3H3,(H,27,28). The Morgan fingerprint density at radius 2 is 1.79 bits per heavy atom. The number of aryl methyl sites for hydroxylation is 3. The summed E-state index contributed by atoms with van der Waals surface area (Å²) in [6, 6.07) is 20.9. The van der Waals surface area contributed by atoms with Gasteiger partial charge in [0.25, 0.3) is 0 Å². The quantitative estimate of drug-likeness (QED) is 0.447. The summed E-state index contributed by atoms with van der Waals surface area (Å²) in [4.78, 5) is 18.4. The van der Waals surface area contributed by atoms with Gasteiger partial charge in [0.1, 0.15) is 0 Å². The van der Waals surface area contributed by atoms with Crippen LogP contribution in [0.1, 0.15) is 32.3 Å². The van der Waals surface area contributed by atoms with E-state index in [9.17, 15) is 4.79 Å². The molecule has 4 heteroatoms. The van der Waals surface area contributed by atoms with Crippen molar-refractivity contribution in [2.45, 2.75) is 33.6 Å². The third kappa shape index (κ3) is 4.38. The van der Waals surface area contributed by atoms with E-state index in [4.69, 9.17) is 4.98 Å². The Labute approximate surface area is 175 Å². The van der Waals surface area contributed by atoms with Crippen LogP contribution in [0.2, 0.25) is 0 Å². The predicted molar refractivity (Wildman–Crippen MR) is 122 cm³/mol. The minimum atomic E-state index is 0.000383. The smallest absolute Gasteiger partial charge is 0.229 e. The van der Waals surface area contributed by atoms with Crippen molar-refractivity contribution in [2.75, 3.05) is 5.32 Å². The maximum atomic E-state index is 12.6. The van der Waals surface area contributed by atoms with E-state index in [2.05, 4.69) is 60.8 Å². The molecule has 1 heterocycles. The number of thiazole rings is 1. The fraction of sp³-hybridized carbons (Fsp3) is 0.200. The molecular formula is C25H24N2OS. The third-order valence-electron chi connectivity index (χ3n) is 5.14. The molecular weight excluding hydrogens is 376 g/mol. The summed E-state index contributed by atoms with van der Waals surface area (Å²) in [5.41, 5.74) is 5.36. The van der Waals surface area contributed by atoms with E-state index >= 15 is 0 Å². The molecule has 0 atom stereocenters. The molecule has 0 fully saturated rings. The minimum Gasteiger partial charge on any atom is -0.326 e. The molecule has 1 aromatic heterocycles. The fourth-order valence-electron chi connectivity index (χ4n) is 3.63. The average Bonchev–Trinajstić information content (AvgIpc) is 3.03. The number of fused-ring (bicyclic) bond motifs is 1. The zero-order chi connectivity index (χ0) is 20.4. The second-order valence-electron chi connectivity index (χ2n) is 7.47. The molecule has 4 rings (SSSR count). The molecule has 0 spiro atoms. The number of rotatable bonds is 5. The van der Waals surface area contributed by atoms with Gasteiger partial charge in [-0.05, 0) is 48.7 Å². The van der Waals surface area contributed by atoms with Crippen LogP contribution in [0.15, 0.2) is 60.7 Å². The number of amides is 1. The van der Waals surface area contributed by atoms with Crippen molar-refractivity contribution in [1.82, 2.24) is 4.98 Å². The van der Waals surface area contributed by atoms with Crippen molar-refractivity contribution in [2.24, 2.45) is 0 Å². The van der Waals surface area contributed by atoms with Gasteiger partial charge in [0.2, 0.25) is 5.91 Å². The van der Waals surface area contributed by atoms with Gasteiger partial charge in [-0.3, -0.25) is 4.79 Å². The third-order valence-corrected chi connectivity index (χ3v) is 6.29. The summed E-state index contributed by atoms with van der Waals surface area (Å²) < 4.78 is 0. The summed E-state index contributed by atoms with van der Waals surface area (Å²) in [6.07, 6.45) is 1.14. The van der Waals surface area contributed by atoms with E-state index in [1.165, 1.54) is 21.9 Å². The first-order valence-corrected chi connectivity index (χ1v) is 10.6. The lowest BCUT2D eigenvalue weighted by molar-refractivity contribution is -0.115. The van der Waals surface area contributed by atoms with Gasteiger partial charge < -0.3 is 5.32 Å². The van der Waals surface area contributed by atoms with Crippen LogP contribution < -0.4 is 5.32 Å². The maximum Gasteiger partial charge on any atom is 0.229 e. The molecule has 3 aromatic carbocycles. The lowest BCUT2D eigenvalue weighted by Gasteiger charge is -2.08. The molecule has 3 nitrogen and oxygen atoms in total. The average molecular weight is 401 g/mol. The first-order chi connectivity index (χ1) is 14.0. The highest BCUT2D eigenvalue weighted by Gasteiger charge is 2.14. The van der Waals surface area contributed by atoms with E-state index in [1.807, 2.05) is 26.0 Å². The van der Waals surface area contributed by atoms with Crippen molar-refractivity contribution in [3.63, 3.8) is 0 Å². The minimum absolute atomic E-state index is 0.000383. The van der Waals surface area contributed by atoms with Crippen LogP contribution in [0.25, 0.3) is 10.8 Å². The highest BCUT2D eigenvalue weighted by Crippen LogP contribution is 2.26. The molecule has 29 heavy (non-hydrogen) atoms. The van der Waals surface area contributed by atoms with Crippen LogP contribution in [0.3, 0.4) is 0 Å². The molecule has 146 valence electrons. The maximum absolute atomic E-state index is 12.6. The van der Waals surface area contributed by atoms with Crippen LogP contribution in [0.5, 0.6) is 0 Å². The van der Waals surface area contributed by atoms with Crippen LogP contribution in [0.4, 0.5) is 5.69 Å². The van der Waals surface area contributed by atoms with Crippen LogP contribution in [-0.2, 0) is 17.6 Å². The molecule has 0 radical (unpaired) electrons. The van der Waals surface area contributed by atoms with Gasteiger partial charge in [0.05, 0.1) is 17.1 Å². The van der Waals surface area contributed by atoms with E-state index in [0.717, 1.165) is 33.3 Å². The number of anilines is 1. The number of carbonyl (C=O) groups is 1. The van der Waals surface area contributed by atoms with Crippen LogP contribution in [-0.4, -0.2) is 10.9 Å². The van der Waals surface area contributed by atoms with E-state index in [1.54, 1.807) is 11.3 Å². The first kappa shape index (κ1) is 19.3. The van der Waals surface area contributed by atoms with E-state index < -0.39 is 0 Å². The van der Waals surface area contributed by atoms with Crippen molar-refractivity contribution in [3.8, 4) is 0 Å². The lowest BCUT2D eigenvalue weighted by atomic mass is 10.0. The zero-order valence-electron chi connectivity index (χ0n) is 17.0. The van der Waals surface area contributed by atoms with Crippen molar-refractivity contribution < 1.29 is 4.79 Å². The lowest BCUT2D eigenvalue weighted by Crippen LogP contribution is -2.15. The van der Waals surface area contributed by atoms with E-state index in [-0.39, 0.29) is 5.91 Å². The van der Waals surface area contributed by atoms with Gasteiger partial charge in [0, 0.05) is 17.0 Å². The van der Waals surface area contributed by atoms with E-state index in [0.29, 0.717) is 6.42 Å². The molecule has 0 saturated heterocycles. The van der Waals surface area contributed by atoms with Crippen LogP contribution in [0, 0.1) is 20.8 Å². The molecule has 0 bridgehead atoms. The summed E-state index contributed by atoms with van der Waals surface area (Å²) >= 11 is 1.64. The van der Waals surface area contributed by atoms with Crippen LogP contribution >= 0.6 is 11.3 Å². The molecule has 0 saturated carbocycles. The SMILES string of the molecule is Cc1ccc(NC(=O)Cc2sc(Cc3cccc4ccccc34)nc2C)c(C)c1. The molecule has 0 aliphatic carbocycles. The molecule has 1 amide bonds. The Hall–Kier alpha value is -2.98. The molecule has 0 aliphatic rings. The van der Waals surface area contributed by atoms with Gasteiger partial charge in [-0.25, -0.2) is 4.98 Å². The highest BCUT2D eigenvalue weighted by molar-refractivity contribution is 7.11. The Morgan fingerprint density at radius 1 is 1.00 bits per heavy atom. The summed E-state index contributed by atoms with van der Waals surface area (Å²) in [6.45, 7) is 6.06. The Balaban J connectivity index is 1.49. The topological polar surface area (TPSA) is 42.0 Å². The van der Waals surface area contributed by atoms with Crippen molar-refractivity contribution in [3.05, 3.63) is 92.9 Å². The molecule has 0 aliphatic heterocycles. The van der Waals surface area contributed by atoms with Gasteiger partial charge in [-0.15, -0.1) is 11.3 Å². The molecule has 1 N–H and O–H groups in total. The number of aromatic nitrogens is 1. The summed E-state index contributed by atoms with van der Waals surface area (Å²) in [7, 11) is 0. The normalized spacial score (nSPS) is 11.0. The highest BCUT2D eigenvalue weighted by atomic mass is 32.1. The Kier molecular flexibility index (Phi) is 5.45. The Morgan fingerprint density at radius 3 is 2.62 bits per heavy atom. The number of hydrogen-bond donors (Lipinski definition) is 1. The number of nitrogens with one attached hydrogen (secondary N) is 1. The van der Waals surface area contributed by atoms with Crippen molar-refractivity contribution >= 4 is 33.7 Å². The summed E-state index contributed by atoms with van der Waals surface area (Å²) in [5.74, 6) is 0.000383. The first-order valence-electron chi connectivity index (χ1n) is 9.78. The number of carbonyl (C=O) groups excluding carboxylic acids is 1. The zero-order valence-corrected chi connectivity index (χ0v) is 17.8. The monoisotopic (exact) mass is 400 g/mol. The molecule has 0 unspecified atom stereocenters. The fourth-order valence-corrected chi connectivity index (χ4v) is 4.72. The predicted octanol–water partition coefficient (Wildman–Crippen LogP) is 5.99. The largest absolute Gasteiger partial charge is 0.326 e. The number of hydrogen-bond acceptors (Lipinski definition) is 3. The van der Waals surface area contributed by atoms with Gasteiger partial charge in [-0.1, -0.05) is 60.2 Å². The number of nitrogens with zero attached hydrogens (tertiary/aromatic N) is 1.